The van der Waals surface area contributed by atoms with Crippen LogP contribution in [0.25, 0.3) is 42.1 Å². The van der Waals surface area contributed by atoms with E-state index in [1.54, 1.807) is 0 Å². The molecular weight excluding hydrogens is 490 g/mol. The van der Waals surface area contributed by atoms with Gasteiger partial charge < -0.3 is 4.90 Å². The van der Waals surface area contributed by atoms with E-state index in [0.29, 0.717) is 0 Å². The molecule has 0 fully saturated rings. The summed E-state index contributed by atoms with van der Waals surface area (Å²) in [6, 6.07) is 46.8. The molecule has 0 amide bonds. The summed E-state index contributed by atoms with van der Waals surface area (Å²) in [6.45, 7) is 4.72. The van der Waals surface area contributed by atoms with Gasteiger partial charge in [-0.25, -0.2) is 0 Å². The Morgan fingerprint density at radius 1 is 0.487 bits per heavy atom. The van der Waals surface area contributed by atoms with Crippen LogP contribution in [0.3, 0.4) is 0 Å². The van der Waals surface area contributed by atoms with Gasteiger partial charge in [-0.2, -0.15) is 0 Å². The van der Waals surface area contributed by atoms with Gasteiger partial charge in [0, 0.05) is 42.6 Å². The van der Waals surface area contributed by atoms with Crippen molar-refractivity contribution >= 4 is 59.3 Å². The van der Waals surface area contributed by atoms with Gasteiger partial charge in [-0.3, -0.25) is 0 Å². The summed E-state index contributed by atoms with van der Waals surface area (Å²) in [5, 5.41) is 5.17. The summed E-state index contributed by atoms with van der Waals surface area (Å²) < 4.78 is 2.68. The first-order valence-corrected chi connectivity index (χ1v) is 14.3. The number of benzene rings is 6. The molecule has 0 unspecified atom stereocenters. The predicted octanol–water partition coefficient (Wildman–Crippen LogP) is 11.0. The maximum Gasteiger partial charge on any atom is 0.0468 e. The minimum absolute atomic E-state index is 0.00679. The number of thiophene rings is 1. The van der Waals surface area contributed by atoms with Gasteiger partial charge in [0.1, 0.15) is 0 Å². The largest absolute Gasteiger partial charge is 0.310 e. The average Bonchev–Trinajstić information content (AvgIpc) is 3.44. The third kappa shape index (κ3) is 3.38. The molecule has 0 aliphatic heterocycles. The van der Waals surface area contributed by atoms with Gasteiger partial charge in [0.15, 0.2) is 0 Å². The smallest absolute Gasteiger partial charge is 0.0468 e. The zero-order chi connectivity index (χ0) is 26.1. The Labute approximate surface area is 232 Å². The zero-order valence-electron chi connectivity index (χ0n) is 22.0. The molecule has 0 spiro atoms. The van der Waals surface area contributed by atoms with Crippen molar-refractivity contribution in [2.75, 3.05) is 4.90 Å². The molecule has 1 aliphatic carbocycles. The van der Waals surface area contributed by atoms with Gasteiger partial charge in [0.05, 0.1) is 0 Å². The fourth-order valence-electron chi connectivity index (χ4n) is 6.44. The van der Waals surface area contributed by atoms with Gasteiger partial charge in [0.25, 0.3) is 0 Å². The Morgan fingerprint density at radius 2 is 1.18 bits per heavy atom. The van der Waals surface area contributed by atoms with Crippen LogP contribution < -0.4 is 4.90 Å². The number of anilines is 3. The Hall–Kier alpha value is -4.40. The summed E-state index contributed by atoms with van der Waals surface area (Å²) in [7, 11) is 0. The van der Waals surface area contributed by atoms with E-state index in [1.165, 1.54) is 58.9 Å². The molecule has 1 heterocycles. The van der Waals surface area contributed by atoms with Crippen molar-refractivity contribution in [1.82, 2.24) is 0 Å². The fraction of sp³-hybridized carbons (Fsp3) is 0.0811. The molecule has 7 aromatic rings. The lowest BCUT2D eigenvalue weighted by molar-refractivity contribution is 0.661. The highest BCUT2D eigenvalue weighted by Crippen LogP contribution is 2.51. The first-order valence-electron chi connectivity index (χ1n) is 13.5. The van der Waals surface area contributed by atoms with Gasteiger partial charge >= 0.3 is 0 Å². The predicted molar refractivity (Wildman–Crippen MR) is 169 cm³/mol. The van der Waals surface area contributed by atoms with Crippen LogP contribution in [-0.4, -0.2) is 0 Å². The molecule has 0 atom stereocenters. The lowest BCUT2D eigenvalue weighted by atomic mass is 9.82. The highest BCUT2D eigenvalue weighted by molar-refractivity contribution is 7.25. The standard InChI is InChI=1S/C37H27NS/c1-37(2)33-15-9-8-14-29(33)30-23-36-32(22-34(30)37)31-21-28(18-19-35(31)39-36)38(26-12-4-3-5-13-26)27-17-16-24-10-6-7-11-25(24)20-27/h3-23H,1-2H3. The van der Waals surface area contributed by atoms with E-state index < -0.39 is 0 Å². The second-order valence-electron chi connectivity index (χ2n) is 11.0. The Morgan fingerprint density at radius 3 is 2.05 bits per heavy atom. The van der Waals surface area contributed by atoms with Crippen LogP contribution in [0.15, 0.2) is 127 Å². The molecule has 186 valence electrons. The fourth-order valence-corrected chi connectivity index (χ4v) is 7.55. The van der Waals surface area contributed by atoms with Crippen LogP contribution in [0.2, 0.25) is 0 Å². The summed E-state index contributed by atoms with van der Waals surface area (Å²) >= 11 is 1.90. The van der Waals surface area contributed by atoms with E-state index in [2.05, 4.69) is 146 Å². The normalized spacial score (nSPS) is 13.6. The van der Waals surface area contributed by atoms with Crippen molar-refractivity contribution in [2.24, 2.45) is 0 Å². The van der Waals surface area contributed by atoms with Crippen LogP contribution in [0.4, 0.5) is 17.1 Å². The molecule has 0 saturated heterocycles. The van der Waals surface area contributed by atoms with E-state index >= 15 is 0 Å². The maximum atomic E-state index is 2.47. The quantitative estimate of drug-likeness (QED) is 0.225. The molecule has 0 saturated carbocycles. The molecule has 0 N–H and O–H groups in total. The topological polar surface area (TPSA) is 3.24 Å². The number of rotatable bonds is 3. The lowest BCUT2D eigenvalue weighted by Crippen LogP contribution is -2.14. The molecule has 8 rings (SSSR count). The zero-order valence-corrected chi connectivity index (χ0v) is 22.8. The van der Waals surface area contributed by atoms with E-state index in [0.717, 1.165) is 11.4 Å². The average molecular weight is 518 g/mol. The molecule has 1 aliphatic rings. The molecule has 0 bridgehead atoms. The summed E-state index contributed by atoms with van der Waals surface area (Å²) in [4.78, 5) is 2.38. The highest BCUT2D eigenvalue weighted by atomic mass is 32.1. The summed E-state index contributed by atoms with van der Waals surface area (Å²) in [5.41, 5.74) is 9.10. The van der Waals surface area contributed by atoms with E-state index in [1.807, 2.05) is 11.3 Å². The van der Waals surface area contributed by atoms with Crippen molar-refractivity contribution in [1.29, 1.82) is 0 Å². The molecule has 2 heteroatoms. The summed E-state index contributed by atoms with van der Waals surface area (Å²) in [6.07, 6.45) is 0. The second-order valence-corrected chi connectivity index (χ2v) is 12.1. The third-order valence-electron chi connectivity index (χ3n) is 8.42. The van der Waals surface area contributed by atoms with Gasteiger partial charge in [-0.05, 0) is 87.6 Å². The van der Waals surface area contributed by atoms with E-state index in [9.17, 15) is 0 Å². The molecular formula is C37H27NS. The number of hydrogen-bond donors (Lipinski definition) is 0. The van der Waals surface area contributed by atoms with Gasteiger partial charge in [-0.1, -0.05) is 86.6 Å². The van der Waals surface area contributed by atoms with Crippen molar-refractivity contribution in [3.05, 3.63) is 139 Å². The van der Waals surface area contributed by atoms with Crippen LogP contribution in [-0.2, 0) is 5.41 Å². The van der Waals surface area contributed by atoms with Gasteiger partial charge in [-0.15, -0.1) is 11.3 Å². The first-order chi connectivity index (χ1) is 19.1. The lowest BCUT2D eigenvalue weighted by Gasteiger charge is -2.26. The Balaban J connectivity index is 1.34. The third-order valence-corrected chi connectivity index (χ3v) is 9.55. The van der Waals surface area contributed by atoms with Crippen molar-refractivity contribution < 1.29 is 0 Å². The second kappa shape index (κ2) is 8.30. The van der Waals surface area contributed by atoms with Crippen LogP contribution >= 0.6 is 11.3 Å². The van der Waals surface area contributed by atoms with Crippen LogP contribution in [0, 0.1) is 0 Å². The van der Waals surface area contributed by atoms with Crippen LogP contribution in [0.5, 0.6) is 0 Å². The summed E-state index contributed by atoms with van der Waals surface area (Å²) in [5.74, 6) is 0. The van der Waals surface area contributed by atoms with Crippen molar-refractivity contribution in [3.8, 4) is 11.1 Å². The molecule has 1 nitrogen and oxygen atoms in total. The molecule has 1 aromatic heterocycles. The van der Waals surface area contributed by atoms with Crippen molar-refractivity contribution in [2.45, 2.75) is 19.3 Å². The number of hydrogen-bond acceptors (Lipinski definition) is 2. The Kier molecular flexibility index (Phi) is 4.80. The Bertz CT molecular complexity index is 2050. The highest BCUT2D eigenvalue weighted by Gasteiger charge is 2.35. The minimum atomic E-state index is -0.00679. The van der Waals surface area contributed by atoms with Crippen molar-refractivity contribution in [3.63, 3.8) is 0 Å². The SMILES string of the molecule is CC1(C)c2ccccc2-c2cc3sc4ccc(N(c5ccccc5)c5ccc6ccccc6c5)cc4c3cc21. The monoisotopic (exact) mass is 517 g/mol. The molecule has 6 aromatic carbocycles. The molecule has 0 radical (unpaired) electrons. The van der Waals surface area contributed by atoms with E-state index in [4.69, 9.17) is 0 Å². The first kappa shape index (κ1) is 22.6. The van der Waals surface area contributed by atoms with Crippen LogP contribution in [0.1, 0.15) is 25.0 Å². The minimum Gasteiger partial charge on any atom is -0.310 e. The van der Waals surface area contributed by atoms with E-state index in [-0.39, 0.29) is 5.41 Å². The molecule has 39 heavy (non-hydrogen) atoms. The van der Waals surface area contributed by atoms with Gasteiger partial charge in [0.2, 0.25) is 0 Å². The number of para-hydroxylation sites is 1. The maximum absolute atomic E-state index is 2.47. The number of fused-ring (bicyclic) bond motifs is 7. The number of nitrogens with zero attached hydrogens (tertiary/aromatic N) is 1.